The third-order valence-electron chi connectivity index (χ3n) is 4.54. The third-order valence-corrected chi connectivity index (χ3v) is 4.54. The number of aromatic nitrogens is 2. The van der Waals surface area contributed by atoms with Gasteiger partial charge in [-0.2, -0.15) is 4.98 Å². The van der Waals surface area contributed by atoms with Gasteiger partial charge in [0.05, 0.1) is 12.2 Å². The van der Waals surface area contributed by atoms with Crippen molar-refractivity contribution in [2.24, 2.45) is 0 Å². The molecule has 0 saturated carbocycles. The van der Waals surface area contributed by atoms with Crippen molar-refractivity contribution in [3.63, 3.8) is 0 Å². The summed E-state index contributed by atoms with van der Waals surface area (Å²) in [6.45, 7) is 4.13. The van der Waals surface area contributed by atoms with E-state index in [4.69, 9.17) is 10.5 Å². The molecule has 2 amide bonds. The van der Waals surface area contributed by atoms with Crippen molar-refractivity contribution in [1.29, 1.82) is 0 Å². The Labute approximate surface area is 167 Å². The highest BCUT2D eigenvalue weighted by atomic mass is 19.1. The second-order valence-corrected chi connectivity index (χ2v) is 6.42. The molecule has 1 fully saturated rings. The maximum Gasteiger partial charge on any atom is 0.409 e. The molecule has 0 radical (unpaired) electrons. The minimum absolute atomic E-state index is 0.0303. The lowest BCUT2D eigenvalue weighted by Crippen LogP contribution is -2.49. The Morgan fingerprint density at radius 1 is 1.24 bits per heavy atom. The van der Waals surface area contributed by atoms with E-state index >= 15 is 0 Å². The van der Waals surface area contributed by atoms with Gasteiger partial charge in [-0.25, -0.2) is 14.2 Å². The Hall–Kier alpha value is -3.43. The molecule has 0 atom stereocenters. The number of nitrogens with two attached hydrogens (primary N) is 1. The number of anilines is 2. The zero-order valence-electron chi connectivity index (χ0n) is 16.1. The zero-order chi connectivity index (χ0) is 20.8. The summed E-state index contributed by atoms with van der Waals surface area (Å²) in [5, 5.41) is 2.62. The van der Waals surface area contributed by atoms with Crippen LogP contribution in [0.15, 0.2) is 30.5 Å². The number of halogens is 1. The highest BCUT2D eigenvalue weighted by Crippen LogP contribution is 2.16. The van der Waals surface area contributed by atoms with Gasteiger partial charge in [0.2, 0.25) is 5.95 Å². The predicted molar refractivity (Wildman–Crippen MR) is 105 cm³/mol. The molecule has 1 aromatic heterocycles. The summed E-state index contributed by atoms with van der Waals surface area (Å²) in [7, 11) is 0. The predicted octanol–water partition coefficient (Wildman–Crippen LogP) is 1.41. The maximum atomic E-state index is 13.7. The molecule has 3 rings (SSSR count). The molecule has 29 heavy (non-hydrogen) atoms. The first kappa shape index (κ1) is 20.3. The monoisotopic (exact) mass is 402 g/mol. The number of nitrogens with one attached hydrogen (secondary N) is 1. The number of carbonyl (C=O) groups excluding carboxylic acids is 2. The van der Waals surface area contributed by atoms with E-state index in [-0.39, 0.29) is 24.0 Å². The number of nitrogen functional groups attached to an aromatic ring is 1. The first-order chi connectivity index (χ1) is 14.0. The molecule has 10 heteroatoms. The fourth-order valence-electron chi connectivity index (χ4n) is 2.93. The van der Waals surface area contributed by atoms with Crippen molar-refractivity contribution in [3.05, 3.63) is 47.4 Å². The molecular weight excluding hydrogens is 379 g/mol. The summed E-state index contributed by atoms with van der Waals surface area (Å²) in [5.74, 6) is -0.454. The SMILES string of the molecule is CCOC(=O)N1CCN(c2ncc(C(=O)NCc3ccccc3F)c(N)n2)CC1. The number of rotatable bonds is 5. The first-order valence-corrected chi connectivity index (χ1v) is 9.30. The second-order valence-electron chi connectivity index (χ2n) is 6.42. The minimum atomic E-state index is -0.482. The van der Waals surface area contributed by atoms with Gasteiger partial charge in [0.25, 0.3) is 5.91 Å². The molecule has 2 aromatic rings. The molecule has 154 valence electrons. The normalized spacial score (nSPS) is 13.9. The summed E-state index contributed by atoms with van der Waals surface area (Å²) in [5.41, 5.74) is 6.44. The van der Waals surface area contributed by atoms with Crippen molar-refractivity contribution >= 4 is 23.8 Å². The molecule has 1 aliphatic rings. The van der Waals surface area contributed by atoms with Gasteiger partial charge in [-0.3, -0.25) is 4.79 Å². The van der Waals surface area contributed by atoms with Crippen LogP contribution in [0.25, 0.3) is 0 Å². The molecule has 1 aromatic carbocycles. The van der Waals surface area contributed by atoms with Gasteiger partial charge in [-0.1, -0.05) is 18.2 Å². The third kappa shape index (κ3) is 4.89. The van der Waals surface area contributed by atoms with Crippen LogP contribution in [0.5, 0.6) is 0 Å². The molecule has 0 aliphatic carbocycles. The Morgan fingerprint density at radius 2 is 1.97 bits per heavy atom. The standard InChI is InChI=1S/C19H23FN6O3/c1-2-29-19(28)26-9-7-25(8-10-26)18-23-12-14(16(21)24-18)17(27)22-11-13-5-3-4-6-15(13)20/h3-6,12H,2,7-11H2,1H3,(H,22,27)(H2,21,23,24). The molecule has 0 spiro atoms. The van der Waals surface area contributed by atoms with Gasteiger partial charge in [0.15, 0.2) is 0 Å². The number of piperazine rings is 1. The van der Waals surface area contributed by atoms with Crippen LogP contribution >= 0.6 is 0 Å². The van der Waals surface area contributed by atoms with Gasteiger partial charge in [0.1, 0.15) is 11.6 Å². The summed E-state index contributed by atoms with van der Waals surface area (Å²) in [6, 6.07) is 6.19. The molecule has 0 bridgehead atoms. The average Bonchev–Trinajstić information content (AvgIpc) is 2.73. The van der Waals surface area contributed by atoms with E-state index in [0.717, 1.165) is 0 Å². The van der Waals surface area contributed by atoms with E-state index in [0.29, 0.717) is 44.3 Å². The second kappa shape index (κ2) is 9.18. The van der Waals surface area contributed by atoms with E-state index in [1.807, 2.05) is 4.90 Å². The highest BCUT2D eigenvalue weighted by molar-refractivity contribution is 5.98. The fourth-order valence-corrected chi connectivity index (χ4v) is 2.93. The molecule has 1 saturated heterocycles. The minimum Gasteiger partial charge on any atom is -0.450 e. The number of nitrogens with zero attached hydrogens (tertiary/aromatic N) is 4. The van der Waals surface area contributed by atoms with Crippen molar-refractivity contribution in [2.45, 2.75) is 13.5 Å². The molecule has 0 unspecified atom stereocenters. The highest BCUT2D eigenvalue weighted by Gasteiger charge is 2.24. The van der Waals surface area contributed by atoms with Gasteiger partial charge >= 0.3 is 6.09 Å². The first-order valence-electron chi connectivity index (χ1n) is 9.30. The quantitative estimate of drug-likeness (QED) is 0.777. The number of amides is 2. The van der Waals surface area contributed by atoms with Crippen LogP contribution in [0, 0.1) is 5.82 Å². The largest absolute Gasteiger partial charge is 0.450 e. The molecule has 3 N–H and O–H groups in total. The average molecular weight is 402 g/mol. The fraction of sp³-hybridized carbons (Fsp3) is 0.368. The van der Waals surface area contributed by atoms with E-state index in [1.165, 1.54) is 12.3 Å². The lowest BCUT2D eigenvalue weighted by molar-refractivity contribution is 0.0950. The van der Waals surface area contributed by atoms with Gasteiger partial charge in [-0.05, 0) is 13.0 Å². The molecule has 1 aliphatic heterocycles. The number of carbonyl (C=O) groups is 2. The van der Waals surface area contributed by atoms with Gasteiger partial charge < -0.3 is 25.6 Å². The summed E-state index contributed by atoms with van der Waals surface area (Å²) >= 11 is 0. The van der Waals surface area contributed by atoms with Crippen LogP contribution in [-0.4, -0.2) is 59.7 Å². The summed E-state index contributed by atoms with van der Waals surface area (Å²) in [6.07, 6.45) is 1.01. The van der Waals surface area contributed by atoms with Gasteiger partial charge in [-0.15, -0.1) is 0 Å². The van der Waals surface area contributed by atoms with Crippen molar-refractivity contribution in [3.8, 4) is 0 Å². The zero-order valence-corrected chi connectivity index (χ0v) is 16.1. The van der Waals surface area contributed by atoms with Crippen LogP contribution in [0.3, 0.4) is 0 Å². The van der Waals surface area contributed by atoms with Crippen LogP contribution in [0.2, 0.25) is 0 Å². The molecule has 2 heterocycles. The van der Waals surface area contributed by atoms with E-state index in [2.05, 4.69) is 15.3 Å². The van der Waals surface area contributed by atoms with Gasteiger partial charge in [0, 0.05) is 44.5 Å². The van der Waals surface area contributed by atoms with E-state index in [1.54, 1.807) is 30.0 Å². The van der Waals surface area contributed by atoms with Crippen LogP contribution in [-0.2, 0) is 11.3 Å². The topological polar surface area (TPSA) is 114 Å². The maximum absolute atomic E-state index is 13.7. The summed E-state index contributed by atoms with van der Waals surface area (Å²) in [4.78, 5) is 36.1. The van der Waals surface area contributed by atoms with Crippen LogP contribution < -0.4 is 16.0 Å². The Bertz CT molecular complexity index is 886. The number of benzene rings is 1. The van der Waals surface area contributed by atoms with E-state index < -0.39 is 11.7 Å². The Kier molecular flexibility index (Phi) is 6.43. The molecular formula is C19H23FN6O3. The van der Waals surface area contributed by atoms with E-state index in [9.17, 15) is 14.0 Å². The number of hydrogen-bond donors (Lipinski definition) is 2. The molecule has 9 nitrogen and oxygen atoms in total. The van der Waals surface area contributed by atoms with Crippen molar-refractivity contribution in [2.75, 3.05) is 43.4 Å². The van der Waals surface area contributed by atoms with Crippen molar-refractivity contribution < 1.29 is 18.7 Å². The summed E-state index contributed by atoms with van der Waals surface area (Å²) < 4.78 is 18.7. The van der Waals surface area contributed by atoms with Crippen LogP contribution in [0.4, 0.5) is 21.0 Å². The lowest BCUT2D eigenvalue weighted by atomic mass is 10.2. The van der Waals surface area contributed by atoms with Crippen molar-refractivity contribution in [1.82, 2.24) is 20.2 Å². The Balaban J connectivity index is 1.59. The number of ether oxygens (including phenoxy) is 1. The Morgan fingerprint density at radius 3 is 2.62 bits per heavy atom. The lowest BCUT2D eigenvalue weighted by Gasteiger charge is -2.34. The number of hydrogen-bond acceptors (Lipinski definition) is 7. The smallest absolute Gasteiger partial charge is 0.409 e. The van der Waals surface area contributed by atoms with Crippen LogP contribution in [0.1, 0.15) is 22.8 Å².